The third-order valence-electron chi connectivity index (χ3n) is 2.40. The topological polar surface area (TPSA) is 69.2 Å². The van der Waals surface area contributed by atoms with E-state index in [1.54, 1.807) is 0 Å². The van der Waals surface area contributed by atoms with Crippen LogP contribution in [-0.4, -0.2) is 11.0 Å². The van der Waals surface area contributed by atoms with Crippen molar-refractivity contribution in [1.29, 1.82) is 0 Å². The maximum atomic E-state index is 13.6. The number of benzene rings is 1. The quantitative estimate of drug-likeness (QED) is 0.619. The van der Waals surface area contributed by atoms with Crippen LogP contribution in [0.1, 0.15) is 25.3 Å². The lowest BCUT2D eigenvalue weighted by Gasteiger charge is -2.10. The molecule has 88 valence electrons. The summed E-state index contributed by atoms with van der Waals surface area (Å²) < 4.78 is 13.6. The molecule has 0 bridgehead atoms. The number of nitrogens with two attached hydrogens (primary N) is 1. The Morgan fingerprint density at radius 2 is 2.25 bits per heavy atom. The second kappa shape index (κ2) is 5.55. The monoisotopic (exact) mass is 226 g/mol. The van der Waals surface area contributed by atoms with Crippen molar-refractivity contribution >= 4 is 5.69 Å². The second-order valence-electron chi connectivity index (χ2n) is 3.76. The molecule has 2 N–H and O–H groups in total. The van der Waals surface area contributed by atoms with Gasteiger partial charge in [-0.1, -0.05) is 25.5 Å². The van der Waals surface area contributed by atoms with Crippen molar-refractivity contribution in [3.8, 4) is 0 Å². The Hall–Kier alpha value is -1.49. The van der Waals surface area contributed by atoms with E-state index in [4.69, 9.17) is 5.73 Å². The van der Waals surface area contributed by atoms with Gasteiger partial charge in [0.1, 0.15) is 0 Å². The van der Waals surface area contributed by atoms with Crippen molar-refractivity contribution in [3.05, 3.63) is 39.7 Å². The smallest absolute Gasteiger partial charge is 0.305 e. The van der Waals surface area contributed by atoms with Crippen LogP contribution in [0.3, 0.4) is 0 Å². The van der Waals surface area contributed by atoms with Gasteiger partial charge in [0.05, 0.1) is 4.92 Å². The average molecular weight is 226 g/mol. The van der Waals surface area contributed by atoms with Crippen LogP contribution in [0.5, 0.6) is 0 Å². The molecule has 0 fully saturated rings. The van der Waals surface area contributed by atoms with Crippen LogP contribution in [0.2, 0.25) is 0 Å². The minimum atomic E-state index is -0.765. The number of nitro benzene ring substituents is 1. The third kappa shape index (κ3) is 3.00. The first-order valence-corrected chi connectivity index (χ1v) is 5.23. The van der Waals surface area contributed by atoms with Crippen molar-refractivity contribution in [1.82, 2.24) is 0 Å². The maximum absolute atomic E-state index is 13.6. The zero-order valence-electron chi connectivity index (χ0n) is 9.15. The van der Waals surface area contributed by atoms with Crippen LogP contribution >= 0.6 is 0 Å². The summed E-state index contributed by atoms with van der Waals surface area (Å²) in [7, 11) is 0. The van der Waals surface area contributed by atoms with Gasteiger partial charge in [-0.25, -0.2) is 0 Å². The Kier molecular flexibility index (Phi) is 4.37. The molecule has 0 heterocycles. The van der Waals surface area contributed by atoms with E-state index in [0.29, 0.717) is 12.0 Å². The zero-order chi connectivity index (χ0) is 12.1. The third-order valence-corrected chi connectivity index (χ3v) is 2.40. The molecule has 0 aliphatic heterocycles. The van der Waals surface area contributed by atoms with Gasteiger partial charge in [0, 0.05) is 12.1 Å². The minimum Gasteiger partial charge on any atom is -0.327 e. The van der Waals surface area contributed by atoms with Gasteiger partial charge in [0.2, 0.25) is 5.82 Å². The van der Waals surface area contributed by atoms with E-state index in [9.17, 15) is 14.5 Å². The van der Waals surface area contributed by atoms with Crippen molar-refractivity contribution < 1.29 is 9.31 Å². The van der Waals surface area contributed by atoms with E-state index in [0.717, 1.165) is 18.9 Å². The van der Waals surface area contributed by atoms with E-state index in [1.807, 2.05) is 6.92 Å². The molecule has 1 rings (SSSR count). The Morgan fingerprint density at radius 1 is 1.56 bits per heavy atom. The summed E-state index contributed by atoms with van der Waals surface area (Å²) >= 11 is 0. The highest BCUT2D eigenvalue weighted by molar-refractivity contribution is 5.37. The van der Waals surface area contributed by atoms with E-state index in [-0.39, 0.29) is 6.04 Å². The van der Waals surface area contributed by atoms with Gasteiger partial charge in [-0.15, -0.1) is 0 Å². The molecule has 0 aromatic heterocycles. The summed E-state index contributed by atoms with van der Waals surface area (Å²) in [6.45, 7) is 1.99. The molecule has 0 spiro atoms. The molecule has 0 aliphatic carbocycles. The summed E-state index contributed by atoms with van der Waals surface area (Å²) in [5, 5.41) is 10.5. The molecule has 1 atom stereocenters. The Bertz CT molecular complexity index is 382. The highest BCUT2D eigenvalue weighted by Gasteiger charge is 2.18. The van der Waals surface area contributed by atoms with Gasteiger partial charge in [-0.05, 0) is 18.4 Å². The van der Waals surface area contributed by atoms with Crippen LogP contribution in [-0.2, 0) is 6.42 Å². The standard InChI is InChI=1S/C11H15FN2O2/c1-2-4-9(13)7-8-5-3-6-10(11(8)12)14(15)16/h3,5-6,9H,2,4,7,13H2,1H3. The number of hydrogen-bond acceptors (Lipinski definition) is 3. The molecule has 4 nitrogen and oxygen atoms in total. The van der Waals surface area contributed by atoms with E-state index < -0.39 is 16.4 Å². The van der Waals surface area contributed by atoms with E-state index in [1.165, 1.54) is 12.1 Å². The molecule has 0 radical (unpaired) electrons. The predicted molar refractivity (Wildman–Crippen MR) is 59.6 cm³/mol. The molecular formula is C11H15FN2O2. The predicted octanol–water partition coefficient (Wildman–Crippen LogP) is 2.40. The molecule has 5 heteroatoms. The molecule has 0 amide bonds. The summed E-state index contributed by atoms with van der Waals surface area (Å²) in [5.74, 6) is -0.765. The van der Waals surface area contributed by atoms with Crippen molar-refractivity contribution in [2.75, 3.05) is 0 Å². The van der Waals surface area contributed by atoms with Gasteiger partial charge >= 0.3 is 5.69 Å². The van der Waals surface area contributed by atoms with Gasteiger partial charge < -0.3 is 5.73 Å². The average Bonchev–Trinajstić information content (AvgIpc) is 2.21. The first-order valence-electron chi connectivity index (χ1n) is 5.23. The Labute approximate surface area is 93.4 Å². The van der Waals surface area contributed by atoms with E-state index in [2.05, 4.69) is 0 Å². The van der Waals surface area contributed by atoms with Gasteiger partial charge in [0.25, 0.3) is 0 Å². The summed E-state index contributed by atoms with van der Waals surface area (Å²) in [6, 6.07) is 4.03. The van der Waals surface area contributed by atoms with Gasteiger partial charge in [-0.3, -0.25) is 10.1 Å². The normalized spacial score (nSPS) is 12.4. The van der Waals surface area contributed by atoms with Crippen molar-refractivity contribution in [2.45, 2.75) is 32.2 Å². The fourth-order valence-electron chi connectivity index (χ4n) is 1.62. The zero-order valence-corrected chi connectivity index (χ0v) is 9.15. The SMILES string of the molecule is CCCC(N)Cc1cccc([N+](=O)[O-])c1F. The molecule has 1 aromatic rings. The molecule has 1 aromatic carbocycles. The largest absolute Gasteiger partial charge is 0.327 e. The van der Waals surface area contributed by atoms with Crippen molar-refractivity contribution in [2.24, 2.45) is 5.73 Å². The number of nitro groups is 1. The molecule has 0 saturated carbocycles. The number of rotatable bonds is 5. The molecule has 16 heavy (non-hydrogen) atoms. The molecule has 0 aliphatic rings. The van der Waals surface area contributed by atoms with Crippen LogP contribution in [0, 0.1) is 15.9 Å². The van der Waals surface area contributed by atoms with Crippen LogP contribution in [0.4, 0.5) is 10.1 Å². The Morgan fingerprint density at radius 3 is 2.81 bits per heavy atom. The number of nitrogens with zero attached hydrogens (tertiary/aromatic N) is 1. The minimum absolute atomic E-state index is 0.151. The lowest BCUT2D eigenvalue weighted by Crippen LogP contribution is -2.23. The highest BCUT2D eigenvalue weighted by Crippen LogP contribution is 2.21. The lowest BCUT2D eigenvalue weighted by atomic mass is 10.0. The lowest BCUT2D eigenvalue weighted by molar-refractivity contribution is -0.387. The summed E-state index contributed by atoms with van der Waals surface area (Å²) in [6.07, 6.45) is 2.03. The Balaban J connectivity index is 2.89. The van der Waals surface area contributed by atoms with E-state index >= 15 is 0 Å². The fourth-order valence-corrected chi connectivity index (χ4v) is 1.62. The van der Waals surface area contributed by atoms with Gasteiger partial charge in [-0.2, -0.15) is 4.39 Å². The fraction of sp³-hybridized carbons (Fsp3) is 0.455. The summed E-state index contributed by atoms with van der Waals surface area (Å²) in [5.41, 5.74) is 5.60. The highest BCUT2D eigenvalue weighted by atomic mass is 19.1. The molecule has 1 unspecified atom stereocenters. The van der Waals surface area contributed by atoms with Crippen LogP contribution < -0.4 is 5.73 Å². The van der Waals surface area contributed by atoms with Crippen LogP contribution in [0.15, 0.2) is 18.2 Å². The summed E-state index contributed by atoms with van der Waals surface area (Å²) in [4.78, 5) is 9.80. The molecular weight excluding hydrogens is 211 g/mol. The second-order valence-corrected chi connectivity index (χ2v) is 3.76. The van der Waals surface area contributed by atoms with Crippen molar-refractivity contribution in [3.63, 3.8) is 0 Å². The number of hydrogen-bond donors (Lipinski definition) is 1. The number of halogens is 1. The molecule has 0 saturated heterocycles. The first kappa shape index (κ1) is 12.6. The maximum Gasteiger partial charge on any atom is 0.305 e. The van der Waals surface area contributed by atoms with Gasteiger partial charge in [0.15, 0.2) is 0 Å². The van der Waals surface area contributed by atoms with Crippen LogP contribution in [0.25, 0.3) is 0 Å². The first-order chi connectivity index (χ1) is 7.56.